The second kappa shape index (κ2) is 13.3. The van der Waals surface area contributed by atoms with E-state index < -0.39 is 41.7 Å². The number of alkyl carbamates (subject to hydrolysis) is 1. The number of amides is 2. The first kappa shape index (κ1) is 29.0. The third-order valence-corrected chi connectivity index (χ3v) is 6.56. The molecule has 0 aromatic heterocycles. The third kappa shape index (κ3) is 6.85. The van der Waals surface area contributed by atoms with Crippen LogP contribution in [0.15, 0.2) is 41.9 Å². The fraction of sp³-hybridized carbons (Fsp3) is 0.481. The molecule has 0 unspecified atom stereocenters. The number of aliphatic imine (C=N–C) groups is 1. The minimum Gasteiger partial charge on any atom is -0.476 e. The third-order valence-electron chi connectivity index (χ3n) is 6.33. The van der Waals surface area contributed by atoms with Crippen molar-refractivity contribution in [2.24, 2.45) is 4.99 Å². The minimum atomic E-state index is -1.32. The summed E-state index contributed by atoms with van der Waals surface area (Å²) in [6, 6.07) is 5.50. The van der Waals surface area contributed by atoms with E-state index in [2.05, 4.69) is 22.8 Å². The molecule has 38 heavy (non-hydrogen) atoms. The molecule has 0 radical (unpaired) electrons. The number of methoxy groups -OCH3 is 1. The first-order valence-corrected chi connectivity index (χ1v) is 12.6. The summed E-state index contributed by atoms with van der Waals surface area (Å²) in [5.41, 5.74) is -0.529. The Kier molecular flexibility index (Phi) is 10.2. The van der Waals surface area contributed by atoms with Crippen LogP contribution < -0.4 is 5.32 Å². The number of carbonyl (C=O) groups is 3. The van der Waals surface area contributed by atoms with Gasteiger partial charge in [-0.1, -0.05) is 42.3 Å². The summed E-state index contributed by atoms with van der Waals surface area (Å²) in [5, 5.41) is 3.10. The smallest absolute Gasteiger partial charge is 0.408 e. The number of nitrogens with one attached hydrogen (secondary N) is 1. The molecule has 1 saturated heterocycles. The Hall–Kier alpha value is -3.55. The molecular weight excluding hydrogens is 514 g/mol. The van der Waals surface area contributed by atoms with Crippen molar-refractivity contribution < 1.29 is 33.3 Å². The lowest BCUT2D eigenvalue weighted by Gasteiger charge is -2.31. The van der Waals surface area contributed by atoms with Gasteiger partial charge in [-0.3, -0.25) is 4.79 Å². The lowest BCUT2D eigenvalue weighted by Crippen LogP contribution is -2.56. The van der Waals surface area contributed by atoms with Gasteiger partial charge >= 0.3 is 12.1 Å². The quantitative estimate of drug-likeness (QED) is 0.258. The van der Waals surface area contributed by atoms with E-state index in [0.717, 1.165) is 5.56 Å². The standard InChI is InChI=1S/C27H32ClN3O7/c1-5-13-36-18(3)22(29-26(34)37-14-6-2)24(32)31-12-8-11-21(31)23-30-27(17-38-23,25(33)35-4)16-19-9-7-10-20(28)15-19/h1,6-7,9-10,15,18,21-22H,2,8,11-14,16-17H2,3-4H3,(H,29,34)/t18-,21+,22+,27-/m1/s1. The van der Waals surface area contributed by atoms with Gasteiger partial charge in [0, 0.05) is 18.0 Å². The molecular formula is C27H32ClN3O7. The van der Waals surface area contributed by atoms with Crippen LogP contribution >= 0.6 is 11.6 Å². The monoisotopic (exact) mass is 545 g/mol. The van der Waals surface area contributed by atoms with Gasteiger partial charge in [-0.05, 0) is 37.5 Å². The summed E-state index contributed by atoms with van der Waals surface area (Å²) in [7, 11) is 1.29. The van der Waals surface area contributed by atoms with Crippen LogP contribution in [0.3, 0.4) is 0 Å². The summed E-state index contributed by atoms with van der Waals surface area (Å²) in [6.07, 6.45) is 6.61. The van der Waals surface area contributed by atoms with E-state index in [1.165, 1.54) is 13.2 Å². The average molecular weight is 546 g/mol. The molecule has 4 atom stereocenters. The fourth-order valence-electron chi connectivity index (χ4n) is 4.51. The van der Waals surface area contributed by atoms with E-state index in [4.69, 9.17) is 37.0 Å². The summed E-state index contributed by atoms with van der Waals surface area (Å²) in [6.45, 7) is 5.43. The Morgan fingerprint density at radius 2 is 2.24 bits per heavy atom. The number of carbonyl (C=O) groups excluding carboxylic acids is 3. The predicted octanol–water partition coefficient (Wildman–Crippen LogP) is 2.53. The van der Waals surface area contributed by atoms with Gasteiger partial charge in [0.2, 0.25) is 11.8 Å². The van der Waals surface area contributed by atoms with Gasteiger partial charge in [0.1, 0.15) is 31.9 Å². The van der Waals surface area contributed by atoms with Gasteiger partial charge in [-0.15, -0.1) is 6.42 Å². The second-order valence-electron chi connectivity index (χ2n) is 8.99. The number of benzene rings is 1. The van der Waals surface area contributed by atoms with Gasteiger partial charge in [0.25, 0.3) is 0 Å². The largest absolute Gasteiger partial charge is 0.476 e. The van der Waals surface area contributed by atoms with Crippen molar-refractivity contribution in [3.05, 3.63) is 47.5 Å². The van der Waals surface area contributed by atoms with Crippen LogP contribution in [-0.4, -0.2) is 86.0 Å². The van der Waals surface area contributed by atoms with Crippen molar-refractivity contribution in [1.29, 1.82) is 0 Å². The molecule has 1 aromatic rings. The molecule has 1 fully saturated rings. The summed E-state index contributed by atoms with van der Waals surface area (Å²) in [5.74, 6) is 1.65. The maximum absolute atomic E-state index is 13.7. The summed E-state index contributed by atoms with van der Waals surface area (Å²) >= 11 is 6.13. The van der Waals surface area contributed by atoms with Gasteiger partial charge in [0.05, 0.1) is 13.2 Å². The number of esters is 1. The second-order valence-corrected chi connectivity index (χ2v) is 9.42. The highest BCUT2D eigenvalue weighted by atomic mass is 35.5. The zero-order valence-electron chi connectivity index (χ0n) is 21.5. The maximum Gasteiger partial charge on any atom is 0.408 e. The Labute approximate surface area is 227 Å². The van der Waals surface area contributed by atoms with Crippen LogP contribution in [0.5, 0.6) is 0 Å². The molecule has 1 N–H and O–H groups in total. The van der Waals surface area contributed by atoms with E-state index in [1.54, 1.807) is 30.0 Å². The topological polar surface area (TPSA) is 116 Å². The van der Waals surface area contributed by atoms with E-state index in [-0.39, 0.29) is 32.1 Å². The van der Waals surface area contributed by atoms with Gasteiger partial charge in [-0.2, -0.15) is 0 Å². The van der Waals surface area contributed by atoms with Crippen LogP contribution in [0.2, 0.25) is 5.02 Å². The molecule has 204 valence electrons. The molecule has 0 aliphatic carbocycles. The highest BCUT2D eigenvalue weighted by Crippen LogP contribution is 2.31. The Morgan fingerprint density at radius 3 is 2.92 bits per heavy atom. The van der Waals surface area contributed by atoms with E-state index in [1.807, 2.05) is 6.07 Å². The van der Waals surface area contributed by atoms with Crippen LogP contribution in [-0.2, 0) is 35.0 Å². The van der Waals surface area contributed by atoms with Gasteiger partial charge in [0.15, 0.2) is 5.54 Å². The molecule has 0 spiro atoms. The molecule has 2 aliphatic heterocycles. The average Bonchev–Trinajstić information content (AvgIpc) is 3.56. The zero-order chi connectivity index (χ0) is 27.7. The predicted molar refractivity (Wildman–Crippen MR) is 141 cm³/mol. The van der Waals surface area contributed by atoms with E-state index in [0.29, 0.717) is 24.4 Å². The first-order chi connectivity index (χ1) is 18.2. The molecule has 0 saturated carbocycles. The maximum atomic E-state index is 13.7. The van der Waals surface area contributed by atoms with Crippen LogP contribution in [0.25, 0.3) is 0 Å². The number of hydrogen-bond acceptors (Lipinski definition) is 8. The first-order valence-electron chi connectivity index (χ1n) is 12.2. The minimum absolute atomic E-state index is 0.0223. The molecule has 2 heterocycles. The SMILES string of the molecule is C#CCO[C@H](C)[C@H](NC(=O)OCC=C)C(=O)N1CCC[C@H]1C1=N[C@@](Cc2cccc(Cl)c2)(C(=O)OC)CO1. The van der Waals surface area contributed by atoms with Crippen molar-refractivity contribution in [2.75, 3.05) is 33.5 Å². The van der Waals surface area contributed by atoms with Crippen molar-refractivity contribution in [2.45, 2.75) is 49.9 Å². The molecule has 11 heteroatoms. The van der Waals surface area contributed by atoms with Gasteiger partial charge in [-0.25, -0.2) is 14.6 Å². The Balaban J connectivity index is 1.86. The molecule has 2 aliphatic rings. The number of nitrogens with zero attached hydrogens (tertiary/aromatic N) is 2. The van der Waals surface area contributed by atoms with Crippen molar-refractivity contribution >= 4 is 35.5 Å². The normalized spacial score (nSPS) is 21.9. The lowest BCUT2D eigenvalue weighted by molar-refractivity contribution is -0.147. The van der Waals surface area contributed by atoms with Crippen molar-refractivity contribution in [1.82, 2.24) is 10.2 Å². The van der Waals surface area contributed by atoms with Gasteiger partial charge < -0.3 is 29.2 Å². The number of likely N-dealkylation sites (tertiary alicyclic amines) is 1. The summed E-state index contributed by atoms with van der Waals surface area (Å²) in [4.78, 5) is 45.1. The fourth-order valence-corrected chi connectivity index (χ4v) is 4.72. The van der Waals surface area contributed by atoms with Crippen LogP contribution in [0.1, 0.15) is 25.3 Å². The lowest BCUT2D eigenvalue weighted by atomic mass is 9.92. The van der Waals surface area contributed by atoms with Crippen LogP contribution in [0.4, 0.5) is 4.79 Å². The molecule has 10 nitrogen and oxygen atoms in total. The molecule has 2 amide bonds. The number of halogens is 1. The number of terminal acetylenes is 1. The highest BCUT2D eigenvalue weighted by Gasteiger charge is 2.49. The van der Waals surface area contributed by atoms with Crippen molar-refractivity contribution in [3.8, 4) is 12.3 Å². The van der Waals surface area contributed by atoms with E-state index in [9.17, 15) is 14.4 Å². The zero-order valence-corrected chi connectivity index (χ0v) is 22.2. The Bertz CT molecular complexity index is 1120. The van der Waals surface area contributed by atoms with E-state index >= 15 is 0 Å². The molecule has 1 aromatic carbocycles. The molecule has 0 bridgehead atoms. The highest BCUT2D eigenvalue weighted by molar-refractivity contribution is 6.30. The number of hydrogen-bond donors (Lipinski definition) is 1. The number of rotatable bonds is 11. The van der Waals surface area contributed by atoms with Crippen LogP contribution in [0, 0.1) is 12.3 Å². The van der Waals surface area contributed by atoms with Crippen molar-refractivity contribution in [3.63, 3.8) is 0 Å². The Morgan fingerprint density at radius 1 is 1.45 bits per heavy atom. The summed E-state index contributed by atoms with van der Waals surface area (Å²) < 4.78 is 21.6. The molecule has 3 rings (SSSR count). The number of ether oxygens (including phenoxy) is 4.